The van der Waals surface area contributed by atoms with Gasteiger partial charge in [-0.25, -0.2) is 0 Å². The van der Waals surface area contributed by atoms with E-state index < -0.39 is 0 Å². The quantitative estimate of drug-likeness (QED) is 0.0862. The van der Waals surface area contributed by atoms with Crippen LogP contribution < -0.4 is 0 Å². The van der Waals surface area contributed by atoms with Gasteiger partial charge in [-0.15, -0.1) is 0 Å². The van der Waals surface area contributed by atoms with Crippen LogP contribution >= 0.6 is 0 Å². The van der Waals surface area contributed by atoms with Crippen LogP contribution in [-0.2, 0) is 9.53 Å². The molecular formula is C32H64O2. The van der Waals surface area contributed by atoms with E-state index in [1.807, 2.05) is 0 Å². The van der Waals surface area contributed by atoms with Crippen LogP contribution in [0, 0.1) is 11.8 Å². The SMILES string of the molecule is CCCCCCCCCCCC(CCCCCCCCC)COC(=O)C(C)CCCCCCC. The smallest absolute Gasteiger partial charge is 0.308 e. The third-order valence-electron chi connectivity index (χ3n) is 7.54. The first-order valence-electron chi connectivity index (χ1n) is 15.8. The summed E-state index contributed by atoms with van der Waals surface area (Å²) >= 11 is 0. The first-order chi connectivity index (χ1) is 16.7. The highest BCUT2D eigenvalue weighted by Gasteiger charge is 2.17. The van der Waals surface area contributed by atoms with E-state index in [0.29, 0.717) is 12.5 Å². The predicted octanol–water partition coefficient (Wildman–Crippen LogP) is 11.2. The summed E-state index contributed by atoms with van der Waals surface area (Å²) in [5.74, 6) is 0.682. The molecule has 0 bridgehead atoms. The largest absolute Gasteiger partial charge is 0.465 e. The van der Waals surface area contributed by atoms with Gasteiger partial charge in [-0.3, -0.25) is 4.79 Å². The van der Waals surface area contributed by atoms with Crippen LogP contribution in [0.1, 0.15) is 182 Å². The molecule has 0 amide bonds. The molecule has 0 aromatic carbocycles. The molecular weight excluding hydrogens is 416 g/mol. The Bertz CT molecular complexity index is 406. The second-order valence-corrected chi connectivity index (χ2v) is 11.1. The van der Waals surface area contributed by atoms with E-state index in [4.69, 9.17) is 4.74 Å². The molecule has 2 unspecified atom stereocenters. The highest BCUT2D eigenvalue weighted by molar-refractivity contribution is 5.71. The summed E-state index contributed by atoms with van der Waals surface area (Å²) in [5.41, 5.74) is 0. The Kier molecular flexibility index (Phi) is 26.6. The predicted molar refractivity (Wildman–Crippen MR) is 151 cm³/mol. The minimum Gasteiger partial charge on any atom is -0.465 e. The molecule has 0 N–H and O–H groups in total. The summed E-state index contributed by atoms with van der Waals surface area (Å²) in [6.45, 7) is 9.54. The lowest BCUT2D eigenvalue weighted by Crippen LogP contribution is -2.20. The first-order valence-corrected chi connectivity index (χ1v) is 15.8. The average Bonchev–Trinajstić information content (AvgIpc) is 2.84. The lowest BCUT2D eigenvalue weighted by molar-refractivity contribution is -0.149. The Morgan fingerprint density at radius 1 is 0.500 bits per heavy atom. The van der Waals surface area contributed by atoms with E-state index in [1.54, 1.807) is 0 Å². The summed E-state index contributed by atoms with van der Waals surface area (Å²) in [6, 6.07) is 0. The third kappa shape index (κ3) is 23.2. The third-order valence-corrected chi connectivity index (χ3v) is 7.54. The summed E-state index contributed by atoms with van der Waals surface area (Å²) in [4.78, 5) is 12.5. The Balaban J connectivity index is 4.14. The zero-order chi connectivity index (χ0) is 25.1. The molecule has 204 valence electrons. The van der Waals surface area contributed by atoms with Gasteiger partial charge in [0.2, 0.25) is 0 Å². The first kappa shape index (κ1) is 33.5. The zero-order valence-electron chi connectivity index (χ0n) is 24.1. The van der Waals surface area contributed by atoms with Crippen molar-refractivity contribution in [3.05, 3.63) is 0 Å². The Morgan fingerprint density at radius 3 is 1.21 bits per heavy atom. The highest BCUT2D eigenvalue weighted by Crippen LogP contribution is 2.21. The molecule has 0 aliphatic heterocycles. The standard InChI is InChI=1S/C32H64O2/c1-5-8-11-14-16-17-19-22-25-28-31(27-24-21-18-15-12-9-6-2)29-34-32(33)30(4)26-23-20-13-10-7-3/h30-31H,5-29H2,1-4H3. The molecule has 0 heterocycles. The number of hydrogen-bond donors (Lipinski definition) is 0. The van der Waals surface area contributed by atoms with Gasteiger partial charge in [0.15, 0.2) is 0 Å². The van der Waals surface area contributed by atoms with Crippen molar-refractivity contribution < 1.29 is 9.53 Å². The molecule has 0 aromatic heterocycles. The lowest BCUT2D eigenvalue weighted by atomic mass is 9.94. The van der Waals surface area contributed by atoms with Crippen LogP contribution in [0.2, 0.25) is 0 Å². The second kappa shape index (κ2) is 27.1. The maximum atomic E-state index is 12.5. The molecule has 2 atom stereocenters. The second-order valence-electron chi connectivity index (χ2n) is 11.1. The van der Waals surface area contributed by atoms with E-state index in [2.05, 4.69) is 27.7 Å². The fourth-order valence-corrected chi connectivity index (χ4v) is 4.96. The summed E-state index contributed by atoms with van der Waals surface area (Å²) in [5, 5.41) is 0. The van der Waals surface area contributed by atoms with Crippen molar-refractivity contribution in [1.82, 2.24) is 0 Å². The van der Waals surface area contributed by atoms with Crippen molar-refractivity contribution in [1.29, 1.82) is 0 Å². The lowest BCUT2D eigenvalue weighted by Gasteiger charge is -2.19. The van der Waals surface area contributed by atoms with Crippen LogP contribution in [0.5, 0.6) is 0 Å². The van der Waals surface area contributed by atoms with Crippen LogP contribution in [0.4, 0.5) is 0 Å². The van der Waals surface area contributed by atoms with Gasteiger partial charge in [0.05, 0.1) is 12.5 Å². The van der Waals surface area contributed by atoms with Gasteiger partial charge in [0.1, 0.15) is 0 Å². The topological polar surface area (TPSA) is 26.3 Å². The monoisotopic (exact) mass is 480 g/mol. The highest BCUT2D eigenvalue weighted by atomic mass is 16.5. The molecule has 34 heavy (non-hydrogen) atoms. The zero-order valence-corrected chi connectivity index (χ0v) is 24.1. The number of rotatable bonds is 27. The maximum absolute atomic E-state index is 12.5. The Morgan fingerprint density at radius 2 is 0.824 bits per heavy atom. The molecule has 0 saturated carbocycles. The molecule has 0 aliphatic carbocycles. The van der Waals surface area contributed by atoms with E-state index >= 15 is 0 Å². The van der Waals surface area contributed by atoms with Gasteiger partial charge >= 0.3 is 5.97 Å². The Labute approximate surface area is 215 Å². The number of carbonyl (C=O) groups is 1. The summed E-state index contributed by atoms with van der Waals surface area (Å²) in [7, 11) is 0. The molecule has 0 rings (SSSR count). The fraction of sp³-hybridized carbons (Fsp3) is 0.969. The van der Waals surface area contributed by atoms with Gasteiger partial charge in [-0.1, -0.05) is 163 Å². The molecule has 0 fully saturated rings. The molecule has 0 radical (unpaired) electrons. The van der Waals surface area contributed by atoms with Crippen LogP contribution in [-0.4, -0.2) is 12.6 Å². The minimum absolute atomic E-state index is 0.0483. The van der Waals surface area contributed by atoms with Crippen LogP contribution in [0.3, 0.4) is 0 Å². The van der Waals surface area contributed by atoms with E-state index in [9.17, 15) is 4.79 Å². The summed E-state index contributed by atoms with van der Waals surface area (Å²) < 4.78 is 5.85. The van der Waals surface area contributed by atoms with E-state index in [1.165, 1.54) is 141 Å². The fourth-order valence-electron chi connectivity index (χ4n) is 4.96. The van der Waals surface area contributed by atoms with Crippen molar-refractivity contribution in [2.45, 2.75) is 182 Å². The van der Waals surface area contributed by atoms with Gasteiger partial charge in [0, 0.05) is 0 Å². The summed E-state index contributed by atoms with van der Waals surface area (Å²) in [6.07, 6.45) is 31.7. The van der Waals surface area contributed by atoms with Crippen molar-refractivity contribution in [2.75, 3.05) is 6.61 Å². The van der Waals surface area contributed by atoms with Crippen molar-refractivity contribution in [3.8, 4) is 0 Å². The van der Waals surface area contributed by atoms with Crippen LogP contribution in [0.25, 0.3) is 0 Å². The molecule has 0 spiro atoms. The van der Waals surface area contributed by atoms with Crippen molar-refractivity contribution >= 4 is 5.97 Å². The average molecular weight is 481 g/mol. The van der Waals surface area contributed by atoms with Gasteiger partial charge in [0.25, 0.3) is 0 Å². The number of ether oxygens (including phenoxy) is 1. The number of unbranched alkanes of at least 4 members (excludes halogenated alkanes) is 18. The van der Waals surface area contributed by atoms with E-state index in [-0.39, 0.29) is 11.9 Å². The van der Waals surface area contributed by atoms with Gasteiger partial charge in [-0.05, 0) is 25.2 Å². The number of carbonyl (C=O) groups excluding carboxylic acids is 1. The molecule has 0 aromatic rings. The number of esters is 1. The van der Waals surface area contributed by atoms with E-state index in [0.717, 1.165) is 12.8 Å². The van der Waals surface area contributed by atoms with Crippen molar-refractivity contribution in [2.24, 2.45) is 11.8 Å². The minimum atomic E-state index is 0.0483. The van der Waals surface area contributed by atoms with Gasteiger partial charge < -0.3 is 4.74 Å². The van der Waals surface area contributed by atoms with Crippen molar-refractivity contribution in [3.63, 3.8) is 0 Å². The molecule has 0 saturated heterocycles. The van der Waals surface area contributed by atoms with Gasteiger partial charge in [-0.2, -0.15) is 0 Å². The molecule has 2 heteroatoms. The number of hydrogen-bond acceptors (Lipinski definition) is 2. The molecule has 2 nitrogen and oxygen atoms in total. The Hall–Kier alpha value is -0.530. The maximum Gasteiger partial charge on any atom is 0.308 e. The normalized spacial score (nSPS) is 13.2. The van der Waals surface area contributed by atoms with Crippen LogP contribution in [0.15, 0.2) is 0 Å². The molecule has 0 aliphatic rings.